The van der Waals surface area contributed by atoms with Crippen molar-refractivity contribution < 1.29 is 4.79 Å². The Labute approximate surface area is 147 Å². The van der Waals surface area contributed by atoms with Crippen molar-refractivity contribution in [1.29, 1.82) is 0 Å². The zero-order chi connectivity index (χ0) is 16.4. The third-order valence-corrected chi connectivity index (χ3v) is 4.82. The Morgan fingerprint density at radius 3 is 2.78 bits per heavy atom. The van der Waals surface area contributed by atoms with Crippen LogP contribution in [0.4, 0.5) is 0 Å². The van der Waals surface area contributed by atoms with Gasteiger partial charge in [-0.3, -0.25) is 4.79 Å². The third-order valence-electron chi connectivity index (χ3n) is 3.23. The van der Waals surface area contributed by atoms with E-state index in [9.17, 15) is 4.79 Å². The number of amides is 1. The van der Waals surface area contributed by atoms with Crippen LogP contribution in [0.3, 0.4) is 0 Å². The lowest BCUT2D eigenvalue weighted by Crippen LogP contribution is -2.16. The molecule has 0 radical (unpaired) electrons. The number of thiazole rings is 1. The molecular formula is C17H12Cl2N2OS. The van der Waals surface area contributed by atoms with E-state index in [-0.39, 0.29) is 5.91 Å². The second-order valence-electron chi connectivity index (χ2n) is 4.80. The number of benzene rings is 2. The maximum Gasteiger partial charge on any atom is 0.279 e. The molecule has 0 N–H and O–H groups in total. The fourth-order valence-corrected chi connectivity index (χ4v) is 3.83. The molecule has 1 aromatic heterocycles. The highest BCUT2D eigenvalue weighted by molar-refractivity contribution is 7.16. The maximum atomic E-state index is 12.4. The molecule has 1 amide bonds. The molecule has 116 valence electrons. The van der Waals surface area contributed by atoms with Crippen molar-refractivity contribution in [3.63, 3.8) is 0 Å². The number of hydrogen-bond donors (Lipinski definition) is 0. The van der Waals surface area contributed by atoms with Gasteiger partial charge in [0.1, 0.15) is 0 Å². The smallest absolute Gasteiger partial charge is 0.279 e. The Morgan fingerprint density at radius 2 is 2.04 bits per heavy atom. The standard InChI is InChI=1S/C17H12Cl2N2OS/c1-2-9-21-15-13(19)7-4-8-14(15)23-17(21)20-16(22)11-5-3-6-12(18)10-11/h2-8,10H,1,9H2. The Morgan fingerprint density at radius 1 is 1.26 bits per heavy atom. The van der Waals surface area contributed by atoms with Crippen molar-refractivity contribution in [1.82, 2.24) is 4.57 Å². The summed E-state index contributed by atoms with van der Waals surface area (Å²) in [5.41, 5.74) is 1.31. The lowest BCUT2D eigenvalue weighted by molar-refractivity contribution is 0.0998. The van der Waals surface area contributed by atoms with Gasteiger partial charge in [-0.15, -0.1) is 6.58 Å². The van der Waals surface area contributed by atoms with Gasteiger partial charge in [0.15, 0.2) is 4.80 Å². The molecule has 3 nitrogen and oxygen atoms in total. The number of aromatic nitrogens is 1. The molecule has 2 aromatic carbocycles. The minimum Gasteiger partial charge on any atom is -0.311 e. The molecule has 0 unspecified atom stereocenters. The summed E-state index contributed by atoms with van der Waals surface area (Å²) >= 11 is 13.6. The number of halogens is 2. The normalized spacial score (nSPS) is 11.8. The molecule has 0 saturated carbocycles. The van der Waals surface area contributed by atoms with Gasteiger partial charge in [-0.2, -0.15) is 4.99 Å². The van der Waals surface area contributed by atoms with Crippen LogP contribution in [0.1, 0.15) is 10.4 Å². The topological polar surface area (TPSA) is 34.4 Å². The SMILES string of the molecule is C=CCn1c(=NC(=O)c2cccc(Cl)c2)sc2cccc(Cl)c21. The van der Waals surface area contributed by atoms with Gasteiger partial charge in [-0.05, 0) is 30.3 Å². The molecule has 1 heterocycles. The molecule has 6 heteroatoms. The van der Waals surface area contributed by atoms with E-state index in [0.717, 1.165) is 10.2 Å². The number of rotatable bonds is 3. The monoisotopic (exact) mass is 362 g/mol. The highest BCUT2D eigenvalue weighted by Gasteiger charge is 2.11. The van der Waals surface area contributed by atoms with Gasteiger partial charge in [0, 0.05) is 17.1 Å². The molecule has 0 saturated heterocycles. The van der Waals surface area contributed by atoms with Crippen molar-refractivity contribution in [2.24, 2.45) is 4.99 Å². The lowest BCUT2D eigenvalue weighted by Gasteiger charge is -2.02. The van der Waals surface area contributed by atoms with E-state index in [1.807, 2.05) is 22.8 Å². The molecule has 0 aliphatic heterocycles. The summed E-state index contributed by atoms with van der Waals surface area (Å²) < 4.78 is 2.86. The fraction of sp³-hybridized carbons (Fsp3) is 0.0588. The first-order chi connectivity index (χ1) is 11.1. The number of fused-ring (bicyclic) bond motifs is 1. The van der Waals surface area contributed by atoms with Gasteiger partial charge < -0.3 is 4.57 Å². The molecule has 0 bridgehead atoms. The number of allylic oxidation sites excluding steroid dienone is 1. The first-order valence-electron chi connectivity index (χ1n) is 6.83. The van der Waals surface area contributed by atoms with Crippen LogP contribution in [0.2, 0.25) is 10.0 Å². The molecule has 0 aliphatic rings. The first-order valence-corrected chi connectivity index (χ1v) is 8.41. The van der Waals surface area contributed by atoms with Gasteiger partial charge in [-0.25, -0.2) is 0 Å². The molecule has 0 aliphatic carbocycles. The number of carbonyl (C=O) groups is 1. The van der Waals surface area contributed by atoms with Crippen LogP contribution in [-0.4, -0.2) is 10.5 Å². The molecule has 0 fully saturated rings. The summed E-state index contributed by atoms with van der Waals surface area (Å²) in [6, 6.07) is 12.4. The quantitative estimate of drug-likeness (QED) is 0.607. The van der Waals surface area contributed by atoms with Gasteiger partial charge in [0.2, 0.25) is 0 Å². The van der Waals surface area contributed by atoms with Crippen molar-refractivity contribution in [2.45, 2.75) is 6.54 Å². The van der Waals surface area contributed by atoms with Crippen LogP contribution < -0.4 is 4.80 Å². The zero-order valence-corrected chi connectivity index (χ0v) is 14.3. The molecule has 0 atom stereocenters. The van der Waals surface area contributed by atoms with Crippen molar-refractivity contribution in [3.05, 3.63) is 75.5 Å². The molecule has 0 spiro atoms. The summed E-state index contributed by atoms with van der Waals surface area (Å²) in [7, 11) is 0. The second-order valence-corrected chi connectivity index (χ2v) is 6.65. The number of nitrogens with zero attached hydrogens (tertiary/aromatic N) is 2. The van der Waals surface area contributed by atoms with Gasteiger partial charge >= 0.3 is 0 Å². The van der Waals surface area contributed by atoms with Gasteiger partial charge in [0.25, 0.3) is 5.91 Å². The molecule has 23 heavy (non-hydrogen) atoms. The van der Waals surface area contributed by atoms with Crippen LogP contribution in [-0.2, 0) is 6.54 Å². The second kappa shape index (κ2) is 6.71. The minimum absolute atomic E-state index is 0.340. The fourth-order valence-electron chi connectivity index (χ4n) is 2.24. The van der Waals surface area contributed by atoms with E-state index in [1.54, 1.807) is 30.3 Å². The van der Waals surface area contributed by atoms with Crippen LogP contribution in [0.5, 0.6) is 0 Å². The Balaban J connectivity index is 2.18. The van der Waals surface area contributed by atoms with E-state index in [4.69, 9.17) is 23.2 Å². The average molecular weight is 363 g/mol. The number of para-hydroxylation sites is 1. The zero-order valence-electron chi connectivity index (χ0n) is 12.0. The summed E-state index contributed by atoms with van der Waals surface area (Å²) in [5, 5.41) is 1.13. The first kappa shape index (κ1) is 16.0. The van der Waals surface area contributed by atoms with E-state index < -0.39 is 0 Å². The Bertz CT molecular complexity index is 972. The maximum absolute atomic E-state index is 12.4. The minimum atomic E-state index is -0.340. The van der Waals surface area contributed by atoms with Gasteiger partial charge in [-0.1, -0.05) is 52.7 Å². The number of hydrogen-bond acceptors (Lipinski definition) is 2. The highest BCUT2D eigenvalue weighted by atomic mass is 35.5. The lowest BCUT2D eigenvalue weighted by atomic mass is 10.2. The summed E-state index contributed by atoms with van der Waals surface area (Å²) in [5.74, 6) is -0.340. The largest absolute Gasteiger partial charge is 0.311 e. The summed E-state index contributed by atoms with van der Waals surface area (Å²) in [6.45, 7) is 4.28. The average Bonchev–Trinajstić information content (AvgIpc) is 2.86. The van der Waals surface area contributed by atoms with Crippen molar-refractivity contribution in [2.75, 3.05) is 0 Å². The van der Waals surface area contributed by atoms with Crippen molar-refractivity contribution in [3.8, 4) is 0 Å². The third kappa shape index (κ3) is 3.24. The molecule has 3 aromatic rings. The predicted molar refractivity (Wildman–Crippen MR) is 96.4 cm³/mol. The van der Waals surface area contributed by atoms with E-state index in [1.165, 1.54) is 11.3 Å². The Hall–Kier alpha value is -1.88. The van der Waals surface area contributed by atoms with Gasteiger partial charge in [0.05, 0.1) is 15.2 Å². The predicted octanol–water partition coefficient (Wildman–Crippen LogP) is 4.94. The van der Waals surface area contributed by atoms with Crippen LogP contribution in [0.15, 0.2) is 60.1 Å². The highest BCUT2D eigenvalue weighted by Crippen LogP contribution is 2.25. The molecule has 3 rings (SSSR count). The Kier molecular flexibility index (Phi) is 4.66. The van der Waals surface area contributed by atoms with Crippen LogP contribution in [0.25, 0.3) is 10.2 Å². The number of carbonyl (C=O) groups excluding carboxylic acids is 1. The van der Waals surface area contributed by atoms with E-state index in [0.29, 0.717) is 27.0 Å². The van der Waals surface area contributed by atoms with Crippen molar-refractivity contribution >= 4 is 50.7 Å². The van der Waals surface area contributed by atoms with Crippen LogP contribution in [0, 0.1) is 0 Å². The summed E-state index contributed by atoms with van der Waals surface area (Å²) in [6.07, 6.45) is 1.75. The summed E-state index contributed by atoms with van der Waals surface area (Å²) in [4.78, 5) is 17.2. The van der Waals surface area contributed by atoms with E-state index >= 15 is 0 Å². The molecular weight excluding hydrogens is 351 g/mol. The van der Waals surface area contributed by atoms with E-state index in [2.05, 4.69) is 11.6 Å². The van der Waals surface area contributed by atoms with Crippen LogP contribution >= 0.6 is 34.5 Å².